The Bertz CT molecular complexity index is 553. The van der Waals surface area contributed by atoms with Crippen LogP contribution < -0.4 is 10.6 Å². The van der Waals surface area contributed by atoms with Crippen LogP contribution in [-0.2, 0) is 16.3 Å². The zero-order valence-electron chi connectivity index (χ0n) is 10.7. The molecule has 0 aliphatic carbocycles. The van der Waals surface area contributed by atoms with Gasteiger partial charge in [0.2, 0.25) is 0 Å². The highest BCUT2D eigenvalue weighted by atomic mass is 32.2. The molecule has 0 spiro atoms. The van der Waals surface area contributed by atoms with Gasteiger partial charge in [0, 0.05) is 24.4 Å². The molecule has 1 atom stereocenters. The van der Waals surface area contributed by atoms with Gasteiger partial charge in [0.05, 0.1) is 22.2 Å². The molecule has 0 aromatic carbocycles. The van der Waals surface area contributed by atoms with Crippen LogP contribution in [0.15, 0.2) is 5.38 Å². The van der Waals surface area contributed by atoms with Crippen molar-refractivity contribution in [3.8, 4) is 0 Å². The SMILES string of the molecule is Cc1nc(CCNC(=O)N[C@@H]2CCS(=O)(=O)C2)cs1. The molecule has 0 bridgehead atoms. The Kier molecular flexibility index (Phi) is 4.41. The van der Waals surface area contributed by atoms with Gasteiger partial charge in [-0.25, -0.2) is 18.2 Å². The summed E-state index contributed by atoms with van der Waals surface area (Å²) in [6.45, 7) is 2.43. The fourth-order valence-corrected chi connectivity index (χ4v) is 4.29. The van der Waals surface area contributed by atoms with Crippen molar-refractivity contribution in [2.45, 2.75) is 25.8 Å². The number of aromatic nitrogens is 1. The fraction of sp³-hybridized carbons (Fsp3) is 0.636. The molecule has 2 rings (SSSR count). The van der Waals surface area contributed by atoms with E-state index < -0.39 is 9.84 Å². The zero-order valence-corrected chi connectivity index (χ0v) is 12.3. The van der Waals surface area contributed by atoms with E-state index in [4.69, 9.17) is 0 Å². The number of thiazole rings is 1. The molecule has 0 radical (unpaired) electrons. The maximum atomic E-state index is 11.6. The summed E-state index contributed by atoms with van der Waals surface area (Å²) in [6, 6.07) is -0.569. The molecule has 2 amide bonds. The number of urea groups is 1. The van der Waals surface area contributed by atoms with E-state index in [9.17, 15) is 13.2 Å². The highest BCUT2D eigenvalue weighted by molar-refractivity contribution is 7.91. The molecular formula is C11H17N3O3S2. The number of carbonyl (C=O) groups is 1. The summed E-state index contributed by atoms with van der Waals surface area (Å²) in [5.41, 5.74) is 0.964. The topological polar surface area (TPSA) is 88.2 Å². The maximum Gasteiger partial charge on any atom is 0.315 e. The zero-order chi connectivity index (χ0) is 13.9. The largest absolute Gasteiger partial charge is 0.338 e. The molecular weight excluding hydrogens is 286 g/mol. The number of aryl methyl sites for hydroxylation is 1. The second kappa shape index (κ2) is 5.87. The number of carbonyl (C=O) groups excluding carboxylic acids is 1. The van der Waals surface area contributed by atoms with Crippen molar-refractivity contribution in [2.75, 3.05) is 18.1 Å². The van der Waals surface area contributed by atoms with E-state index in [1.165, 1.54) is 0 Å². The first-order chi connectivity index (χ1) is 8.94. The maximum absolute atomic E-state index is 11.6. The summed E-state index contributed by atoms with van der Waals surface area (Å²) >= 11 is 1.58. The number of nitrogens with zero attached hydrogens (tertiary/aromatic N) is 1. The molecule has 1 saturated heterocycles. The summed E-state index contributed by atoms with van der Waals surface area (Å²) in [5.74, 6) is 0.210. The van der Waals surface area contributed by atoms with Crippen LogP contribution in [0.25, 0.3) is 0 Å². The van der Waals surface area contributed by atoms with Crippen LogP contribution >= 0.6 is 11.3 Å². The minimum Gasteiger partial charge on any atom is -0.338 e. The Balaban J connectivity index is 1.68. The third kappa shape index (κ3) is 4.46. The van der Waals surface area contributed by atoms with Gasteiger partial charge in [-0.15, -0.1) is 11.3 Å². The molecule has 19 heavy (non-hydrogen) atoms. The number of sulfone groups is 1. The lowest BCUT2D eigenvalue weighted by atomic mass is 10.3. The van der Waals surface area contributed by atoms with Crippen LogP contribution in [0.4, 0.5) is 4.79 Å². The van der Waals surface area contributed by atoms with E-state index in [1.807, 2.05) is 12.3 Å². The first-order valence-corrected chi connectivity index (χ1v) is 8.80. The van der Waals surface area contributed by atoms with Gasteiger partial charge in [0.15, 0.2) is 9.84 Å². The molecule has 6 nitrogen and oxygen atoms in total. The van der Waals surface area contributed by atoms with Crippen molar-refractivity contribution in [1.82, 2.24) is 15.6 Å². The van der Waals surface area contributed by atoms with Gasteiger partial charge in [0.25, 0.3) is 0 Å². The van der Waals surface area contributed by atoms with Gasteiger partial charge in [0.1, 0.15) is 0 Å². The van der Waals surface area contributed by atoms with Crippen molar-refractivity contribution in [3.05, 3.63) is 16.1 Å². The lowest BCUT2D eigenvalue weighted by Crippen LogP contribution is -2.43. The van der Waals surface area contributed by atoms with Crippen molar-refractivity contribution < 1.29 is 13.2 Å². The molecule has 2 N–H and O–H groups in total. The monoisotopic (exact) mass is 303 g/mol. The molecule has 2 heterocycles. The average Bonchev–Trinajstić information content (AvgIpc) is 2.85. The first kappa shape index (κ1) is 14.3. The van der Waals surface area contributed by atoms with Gasteiger partial charge in [-0.1, -0.05) is 0 Å². The Hall–Kier alpha value is -1.15. The molecule has 1 aromatic heterocycles. The molecule has 1 fully saturated rings. The smallest absolute Gasteiger partial charge is 0.315 e. The Morgan fingerprint density at radius 3 is 2.95 bits per heavy atom. The van der Waals surface area contributed by atoms with Gasteiger partial charge >= 0.3 is 6.03 Å². The van der Waals surface area contributed by atoms with E-state index >= 15 is 0 Å². The Morgan fingerprint density at radius 1 is 1.58 bits per heavy atom. The minimum absolute atomic E-state index is 0.0473. The van der Waals surface area contributed by atoms with Gasteiger partial charge in [-0.05, 0) is 13.3 Å². The van der Waals surface area contributed by atoms with Gasteiger partial charge in [-0.2, -0.15) is 0 Å². The van der Waals surface area contributed by atoms with E-state index in [2.05, 4.69) is 15.6 Å². The number of amides is 2. The molecule has 106 valence electrons. The van der Waals surface area contributed by atoms with Crippen molar-refractivity contribution in [2.24, 2.45) is 0 Å². The lowest BCUT2D eigenvalue weighted by molar-refractivity contribution is 0.238. The van der Waals surface area contributed by atoms with Crippen molar-refractivity contribution in [1.29, 1.82) is 0 Å². The second-order valence-corrected chi connectivity index (χ2v) is 7.90. The highest BCUT2D eigenvalue weighted by Crippen LogP contribution is 2.11. The lowest BCUT2D eigenvalue weighted by Gasteiger charge is -2.11. The van der Waals surface area contributed by atoms with Crippen molar-refractivity contribution in [3.63, 3.8) is 0 Å². The van der Waals surface area contributed by atoms with Crippen LogP contribution in [0.5, 0.6) is 0 Å². The van der Waals surface area contributed by atoms with E-state index in [1.54, 1.807) is 11.3 Å². The summed E-state index contributed by atoms with van der Waals surface area (Å²) in [7, 11) is -2.95. The van der Waals surface area contributed by atoms with Gasteiger partial charge in [-0.3, -0.25) is 0 Å². The second-order valence-electron chi connectivity index (χ2n) is 4.61. The van der Waals surface area contributed by atoms with Crippen LogP contribution in [-0.4, -0.2) is 43.5 Å². The fourth-order valence-electron chi connectivity index (χ4n) is 1.97. The van der Waals surface area contributed by atoms with Crippen LogP contribution in [0.2, 0.25) is 0 Å². The summed E-state index contributed by atoms with van der Waals surface area (Å²) in [4.78, 5) is 15.9. The number of nitrogens with one attached hydrogen (secondary N) is 2. The minimum atomic E-state index is -2.95. The molecule has 1 aromatic rings. The van der Waals surface area contributed by atoms with Crippen LogP contribution in [0, 0.1) is 6.92 Å². The third-order valence-electron chi connectivity index (χ3n) is 2.90. The normalized spacial score (nSPS) is 21.2. The summed E-state index contributed by atoms with van der Waals surface area (Å²) in [6.07, 6.45) is 1.18. The average molecular weight is 303 g/mol. The van der Waals surface area contributed by atoms with E-state index in [0.717, 1.165) is 10.7 Å². The number of hydrogen-bond donors (Lipinski definition) is 2. The van der Waals surface area contributed by atoms with Crippen LogP contribution in [0.3, 0.4) is 0 Å². The quantitative estimate of drug-likeness (QED) is 0.847. The standard InChI is InChI=1S/C11H17N3O3S2/c1-8-13-9(6-18-8)2-4-12-11(15)14-10-3-5-19(16,17)7-10/h6,10H,2-5,7H2,1H3,(H2,12,14,15)/t10-/m1/s1. The summed E-state index contributed by atoms with van der Waals surface area (Å²) < 4.78 is 22.5. The number of rotatable bonds is 4. The molecule has 8 heteroatoms. The number of hydrogen-bond acceptors (Lipinski definition) is 5. The predicted octanol–water partition coefficient (Wildman–Crippen LogP) is 0.480. The summed E-state index contributed by atoms with van der Waals surface area (Å²) in [5, 5.41) is 8.37. The third-order valence-corrected chi connectivity index (χ3v) is 5.49. The van der Waals surface area contributed by atoms with E-state index in [0.29, 0.717) is 19.4 Å². The van der Waals surface area contributed by atoms with Crippen LogP contribution in [0.1, 0.15) is 17.1 Å². The Morgan fingerprint density at radius 2 is 2.37 bits per heavy atom. The first-order valence-electron chi connectivity index (χ1n) is 6.10. The predicted molar refractivity (Wildman–Crippen MR) is 74.1 cm³/mol. The molecule has 0 unspecified atom stereocenters. The van der Waals surface area contributed by atoms with Gasteiger partial charge < -0.3 is 10.6 Å². The van der Waals surface area contributed by atoms with Crippen molar-refractivity contribution >= 4 is 27.2 Å². The van der Waals surface area contributed by atoms with E-state index in [-0.39, 0.29) is 23.6 Å². The molecule has 1 aliphatic rings. The Labute approximate surface area is 116 Å². The highest BCUT2D eigenvalue weighted by Gasteiger charge is 2.28. The molecule has 0 saturated carbocycles. The molecule has 1 aliphatic heterocycles.